The van der Waals surface area contributed by atoms with E-state index in [0.29, 0.717) is 6.42 Å². The van der Waals surface area contributed by atoms with Gasteiger partial charge in [-0.25, -0.2) is 9.18 Å². The number of alkyl halides is 1. The number of urea groups is 1. The second-order valence-corrected chi connectivity index (χ2v) is 2.73. The molecule has 0 aromatic heterocycles. The maximum absolute atomic E-state index is 13.1. The number of amides is 3. The average molecular weight is 202 g/mol. The first-order valence-electron chi connectivity index (χ1n) is 4.13. The van der Waals surface area contributed by atoms with Crippen molar-refractivity contribution < 1.29 is 18.7 Å². The predicted octanol–water partition coefficient (Wildman–Crippen LogP) is 0.0827. The Morgan fingerprint density at radius 2 is 2.29 bits per heavy atom. The average Bonchev–Trinajstić information content (AvgIpc) is 2.13. The zero-order chi connectivity index (χ0) is 10.6. The summed E-state index contributed by atoms with van der Waals surface area (Å²) in [5, 5.41) is 3.94. The molecule has 1 heterocycles. The summed E-state index contributed by atoms with van der Waals surface area (Å²) in [5.41, 5.74) is 0. The molecule has 1 aliphatic heterocycles. The van der Waals surface area contributed by atoms with Gasteiger partial charge in [0.05, 0.1) is 6.61 Å². The third-order valence-corrected chi connectivity index (χ3v) is 1.65. The normalized spacial score (nSPS) is 26.6. The van der Waals surface area contributed by atoms with Crippen molar-refractivity contribution in [3.63, 3.8) is 0 Å². The van der Waals surface area contributed by atoms with E-state index in [1.807, 2.05) is 0 Å². The van der Waals surface area contributed by atoms with Gasteiger partial charge in [-0.2, -0.15) is 0 Å². The number of hydrogen-bond acceptors (Lipinski definition) is 3. The quantitative estimate of drug-likeness (QED) is 0.501. The molecule has 0 aromatic rings. The Balaban J connectivity index is 2.45. The highest BCUT2D eigenvalue weighted by molar-refractivity contribution is 5.99. The van der Waals surface area contributed by atoms with Gasteiger partial charge in [0.1, 0.15) is 0 Å². The lowest BCUT2D eigenvalue weighted by atomic mass is 10.3. The highest BCUT2D eigenvalue weighted by Crippen LogP contribution is 2.06. The van der Waals surface area contributed by atoms with Crippen LogP contribution in [0.2, 0.25) is 0 Å². The van der Waals surface area contributed by atoms with E-state index in [9.17, 15) is 14.0 Å². The van der Waals surface area contributed by atoms with Crippen LogP contribution in [0.5, 0.6) is 0 Å². The minimum Gasteiger partial charge on any atom is -0.354 e. The number of nitrogens with one attached hydrogen (secondary N) is 2. The molecule has 3 amide bonds. The number of halogens is 1. The van der Waals surface area contributed by atoms with Crippen LogP contribution in [0.25, 0.3) is 0 Å². The van der Waals surface area contributed by atoms with Gasteiger partial charge in [-0.3, -0.25) is 10.1 Å². The van der Waals surface area contributed by atoms with Crippen LogP contribution >= 0.6 is 0 Å². The summed E-state index contributed by atoms with van der Waals surface area (Å²) in [4.78, 5) is 21.6. The van der Waals surface area contributed by atoms with Crippen LogP contribution in [0, 0.1) is 0 Å². The number of carbonyl (C=O) groups excluding carboxylic acids is 2. The molecule has 1 saturated heterocycles. The third-order valence-electron chi connectivity index (χ3n) is 1.65. The van der Waals surface area contributed by atoms with E-state index in [-0.39, 0.29) is 6.61 Å². The molecule has 2 N–H and O–H groups in total. The largest absolute Gasteiger partial charge is 0.354 e. The highest BCUT2D eigenvalue weighted by atomic mass is 19.1. The Morgan fingerprint density at radius 1 is 1.57 bits per heavy atom. The molecule has 0 bridgehead atoms. The number of rotatable bonds is 4. The molecule has 0 radical (unpaired) electrons. The van der Waals surface area contributed by atoms with Crippen molar-refractivity contribution in [1.82, 2.24) is 10.6 Å². The molecule has 14 heavy (non-hydrogen) atoms. The van der Waals surface area contributed by atoms with E-state index >= 15 is 0 Å². The standard InChI is InChI=1S/C8H11FN2O3/c1-2-3-4-14-7-5(9)6(12)10-8(13)11-7/h2,5,7H,1,3-4H2,(H2,10,11,12,13)/t5-,7-/m1/s1. The molecule has 0 aromatic carbocycles. The summed E-state index contributed by atoms with van der Waals surface area (Å²) in [6.07, 6.45) is -0.938. The molecule has 1 fully saturated rings. The zero-order valence-electron chi connectivity index (χ0n) is 7.46. The molecule has 5 nitrogen and oxygen atoms in total. The van der Waals surface area contributed by atoms with Gasteiger partial charge in [0.25, 0.3) is 5.91 Å². The molecule has 78 valence electrons. The molecule has 2 atom stereocenters. The van der Waals surface area contributed by atoms with Crippen molar-refractivity contribution in [1.29, 1.82) is 0 Å². The Morgan fingerprint density at radius 3 is 2.93 bits per heavy atom. The van der Waals surface area contributed by atoms with Gasteiger partial charge in [0.15, 0.2) is 6.23 Å². The van der Waals surface area contributed by atoms with Crippen LogP contribution in [0.4, 0.5) is 9.18 Å². The first kappa shape index (κ1) is 10.6. The van der Waals surface area contributed by atoms with Crippen molar-refractivity contribution in [2.75, 3.05) is 6.61 Å². The number of hydrogen-bond donors (Lipinski definition) is 2. The molecule has 1 rings (SSSR count). The van der Waals surface area contributed by atoms with Gasteiger partial charge >= 0.3 is 6.03 Å². The minimum atomic E-state index is -1.86. The molecular formula is C8H11FN2O3. The SMILES string of the molecule is C=CCCO[C@H]1NC(=O)NC(=O)[C@H]1F. The minimum absolute atomic E-state index is 0.210. The Labute approximate surface area is 80.3 Å². The van der Waals surface area contributed by atoms with Crippen molar-refractivity contribution >= 4 is 11.9 Å². The van der Waals surface area contributed by atoms with Crippen LogP contribution in [0.15, 0.2) is 12.7 Å². The van der Waals surface area contributed by atoms with Crippen molar-refractivity contribution in [3.05, 3.63) is 12.7 Å². The highest BCUT2D eigenvalue weighted by Gasteiger charge is 2.36. The van der Waals surface area contributed by atoms with Gasteiger partial charge in [-0.15, -0.1) is 6.58 Å². The van der Waals surface area contributed by atoms with Crippen LogP contribution in [-0.4, -0.2) is 30.9 Å². The van der Waals surface area contributed by atoms with Crippen molar-refractivity contribution in [2.24, 2.45) is 0 Å². The van der Waals surface area contributed by atoms with Gasteiger partial charge < -0.3 is 10.1 Å². The Bertz CT molecular complexity index is 257. The fourth-order valence-electron chi connectivity index (χ4n) is 0.961. The second kappa shape index (κ2) is 4.71. The zero-order valence-corrected chi connectivity index (χ0v) is 7.46. The van der Waals surface area contributed by atoms with Gasteiger partial charge in [-0.1, -0.05) is 6.08 Å². The molecule has 0 saturated carbocycles. The lowest BCUT2D eigenvalue weighted by Gasteiger charge is -2.26. The van der Waals surface area contributed by atoms with E-state index < -0.39 is 24.3 Å². The number of imide groups is 1. The molecule has 1 aliphatic rings. The van der Waals surface area contributed by atoms with Crippen LogP contribution in [0.3, 0.4) is 0 Å². The van der Waals surface area contributed by atoms with Crippen LogP contribution in [-0.2, 0) is 9.53 Å². The van der Waals surface area contributed by atoms with Crippen LogP contribution < -0.4 is 10.6 Å². The van der Waals surface area contributed by atoms with Gasteiger partial charge in [-0.05, 0) is 6.42 Å². The summed E-state index contributed by atoms with van der Waals surface area (Å²) < 4.78 is 18.0. The predicted molar refractivity (Wildman–Crippen MR) is 46.1 cm³/mol. The maximum Gasteiger partial charge on any atom is 0.323 e. The van der Waals surface area contributed by atoms with Gasteiger partial charge in [0.2, 0.25) is 6.17 Å². The molecule has 6 heteroatoms. The summed E-state index contributed by atoms with van der Waals surface area (Å²) in [5.74, 6) is -0.975. The lowest BCUT2D eigenvalue weighted by Crippen LogP contribution is -2.60. The first-order valence-corrected chi connectivity index (χ1v) is 4.13. The van der Waals surface area contributed by atoms with Crippen molar-refractivity contribution in [2.45, 2.75) is 18.8 Å². The fraction of sp³-hybridized carbons (Fsp3) is 0.500. The fourth-order valence-corrected chi connectivity index (χ4v) is 0.961. The van der Waals surface area contributed by atoms with E-state index in [1.165, 1.54) is 0 Å². The number of ether oxygens (including phenoxy) is 1. The summed E-state index contributed by atoms with van der Waals surface area (Å²) in [6.45, 7) is 3.66. The lowest BCUT2D eigenvalue weighted by molar-refractivity contribution is -0.134. The summed E-state index contributed by atoms with van der Waals surface area (Å²) in [6, 6.07) is -0.743. The molecule has 0 aliphatic carbocycles. The molecule has 0 unspecified atom stereocenters. The van der Waals surface area contributed by atoms with E-state index in [4.69, 9.17) is 4.74 Å². The second-order valence-electron chi connectivity index (χ2n) is 2.73. The van der Waals surface area contributed by atoms with Crippen LogP contribution in [0.1, 0.15) is 6.42 Å². The third kappa shape index (κ3) is 2.53. The summed E-state index contributed by atoms with van der Waals surface area (Å²) >= 11 is 0. The van der Waals surface area contributed by atoms with E-state index in [2.05, 4.69) is 11.9 Å². The topological polar surface area (TPSA) is 67.4 Å². The van der Waals surface area contributed by atoms with Gasteiger partial charge in [0, 0.05) is 0 Å². The Kier molecular flexibility index (Phi) is 3.58. The van der Waals surface area contributed by atoms with Crippen molar-refractivity contribution in [3.8, 4) is 0 Å². The van der Waals surface area contributed by atoms with E-state index in [1.54, 1.807) is 11.4 Å². The first-order chi connectivity index (χ1) is 6.65. The molecule has 0 spiro atoms. The number of carbonyl (C=O) groups is 2. The Hall–Kier alpha value is -1.43. The maximum atomic E-state index is 13.1. The smallest absolute Gasteiger partial charge is 0.323 e. The molecular weight excluding hydrogens is 191 g/mol. The van der Waals surface area contributed by atoms with E-state index in [0.717, 1.165) is 0 Å². The summed E-state index contributed by atoms with van der Waals surface area (Å²) in [7, 11) is 0. The monoisotopic (exact) mass is 202 g/mol.